The van der Waals surface area contributed by atoms with Crippen molar-refractivity contribution in [1.82, 2.24) is 24.6 Å². The topological polar surface area (TPSA) is 112 Å². The maximum absolute atomic E-state index is 12.0. The zero-order chi connectivity index (χ0) is 18.5. The van der Waals surface area contributed by atoms with Crippen molar-refractivity contribution in [2.45, 2.75) is 32.2 Å². The fourth-order valence-corrected chi connectivity index (χ4v) is 3.06. The van der Waals surface area contributed by atoms with Crippen LogP contribution in [-0.2, 0) is 11.8 Å². The molecule has 0 saturated carbocycles. The van der Waals surface area contributed by atoms with Gasteiger partial charge < -0.3 is 15.5 Å². The van der Waals surface area contributed by atoms with Crippen molar-refractivity contribution in [3.63, 3.8) is 0 Å². The Kier molecular flexibility index (Phi) is 5.31. The molecule has 1 aliphatic heterocycles. The van der Waals surface area contributed by atoms with E-state index in [-0.39, 0.29) is 18.4 Å². The van der Waals surface area contributed by atoms with Crippen LogP contribution in [0, 0.1) is 18.3 Å². The highest BCUT2D eigenvalue weighted by Crippen LogP contribution is 2.21. The van der Waals surface area contributed by atoms with Gasteiger partial charge in [0.05, 0.1) is 18.0 Å². The van der Waals surface area contributed by atoms with E-state index in [0.29, 0.717) is 19.0 Å². The smallest absolute Gasteiger partial charge is 0.237 e. The number of hydrogen-bond acceptors (Lipinski definition) is 7. The Hall–Kier alpha value is -3.15. The molecular weight excluding hydrogens is 332 g/mol. The number of amides is 1. The van der Waals surface area contributed by atoms with Crippen molar-refractivity contribution < 1.29 is 4.79 Å². The molecule has 0 spiro atoms. The monoisotopic (exact) mass is 354 g/mol. The molecule has 9 nitrogen and oxygen atoms in total. The first-order valence-electron chi connectivity index (χ1n) is 8.56. The molecule has 3 heterocycles. The molecule has 1 fully saturated rings. The van der Waals surface area contributed by atoms with Crippen LogP contribution in [0.15, 0.2) is 18.6 Å². The van der Waals surface area contributed by atoms with Crippen LogP contribution in [-0.4, -0.2) is 49.7 Å². The zero-order valence-electron chi connectivity index (χ0n) is 14.9. The molecule has 0 bridgehead atoms. The minimum atomic E-state index is -0.102. The van der Waals surface area contributed by atoms with Crippen LogP contribution in [0.25, 0.3) is 0 Å². The van der Waals surface area contributed by atoms with Gasteiger partial charge in [-0.25, -0.2) is 4.98 Å². The number of rotatable bonds is 6. The summed E-state index contributed by atoms with van der Waals surface area (Å²) in [6.07, 6.45) is 7.11. The van der Waals surface area contributed by atoms with Crippen molar-refractivity contribution in [3.05, 3.63) is 24.2 Å². The summed E-state index contributed by atoms with van der Waals surface area (Å²) in [5.41, 5.74) is 1.74. The minimum absolute atomic E-state index is 0.0672. The van der Waals surface area contributed by atoms with Gasteiger partial charge in [0.15, 0.2) is 0 Å². The summed E-state index contributed by atoms with van der Waals surface area (Å²) < 4.78 is 1.70. The van der Waals surface area contributed by atoms with E-state index in [4.69, 9.17) is 5.26 Å². The Bertz CT molecular complexity index is 824. The van der Waals surface area contributed by atoms with Gasteiger partial charge in [0.1, 0.15) is 12.2 Å². The molecular formula is C17H22N8O. The molecule has 2 aromatic heterocycles. The Labute approximate surface area is 152 Å². The van der Waals surface area contributed by atoms with E-state index in [9.17, 15) is 4.79 Å². The van der Waals surface area contributed by atoms with Crippen LogP contribution in [0.3, 0.4) is 0 Å². The number of carbonyl (C=O) groups excluding carboxylic acids is 1. The Morgan fingerprint density at radius 1 is 1.46 bits per heavy atom. The Morgan fingerprint density at radius 3 is 3.04 bits per heavy atom. The summed E-state index contributed by atoms with van der Waals surface area (Å²) >= 11 is 0. The first-order chi connectivity index (χ1) is 12.6. The lowest BCUT2D eigenvalue weighted by Gasteiger charge is -2.24. The van der Waals surface area contributed by atoms with Crippen LogP contribution >= 0.6 is 0 Å². The van der Waals surface area contributed by atoms with E-state index in [1.165, 1.54) is 0 Å². The van der Waals surface area contributed by atoms with Crippen molar-refractivity contribution in [2.75, 3.05) is 23.7 Å². The summed E-state index contributed by atoms with van der Waals surface area (Å²) in [5, 5.41) is 19.3. The number of nitriles is 1. The lowest BCUT2D eigenvalue weighted by Crippen LogP contribution is -2.39. The van der Waals surface area contributed by atoms with Crippen LogP contribution in [0.2, 0.25) is 0 Å². The molecule has 0 aromatic carbocycles. The summed E-state index contributed by atoms with van der Waals surface area (Å²) in [4.78, 5) is 22.6. The number of anilines is 3. The van der Waals surface area contributed by atoms with Gasteiger partial charge in [0.2, 0.25) is 11.9 Å². The quantitative estimate of drug-likeness (QED) is 0.810. The maximum Gasteiger partial charge on any atom is 0.237 e. The van der Waals surface area contributed by atoms with Crippen molar-refractivity contribution in [2.24, 2.45) is 7.05 Å². The second kappa shape index (κ2) is 7.82. The van der Waals surface area contributed by atoms with Crippen molar-refractivity contribution >= 4 is 23.4 Å². The van der Waals surface area contributed by atoms with Crippen molar-refractivity contribution in [1.29, 1.82) is 5.26 Å². The molecule has 1 saturated heterocycles. The van der Waals surface area contributed by atoms with Gasteiger partial charge in [-0.1, -0.05) is 0 Å². The highest BCUT2D eigenvalue weighted by atomic mass is 16.2. The largest absolute Gasteiger partial charge is 0.368 e. The average molecular weight is 354 g/mol. The number of nitrogens with one attached hydrogen (secondary N) is 2. The van der Waals surface area contributed by atoms with E-state index in [0.717, 1.165) is 29.9 Å². The summed E-state index contributed by atoms with van der Waals surface area (Å²) in [7, 11) is 1.84. The number of aryl methyl sites for hydroxylation is 2. The second-order valence-electron chi connectivity index (χ2n) is 6.35. The zero-order valence-corrected chi connectivity index (χ0v) is 14.9. The Morgan fingerprint density at radius 2 is 2.31 bits per heavy atom. The summed E-state index contributed by atoms with van der Waals surface area (Å²) in [6.45, 7) is 3.24. The van der Waals surface area contributed by atoms with E-state index in [1.807, 2.05) is 26.2 Å². The number of aromatic nitrogens is 4. The van der Waals surface area contributed by atoms with E-state index >= 15 is 0 Å². The molecule has 9 heteroatoms. The standard InChI is InChI=1S/C17H22N8O/c1-12-8-20-17(22-13-9-21-24(2)11-13)23-16(12)19-10-14-4-3-7-25(14)15(26)5-6-18/h8-9,11,14H,3-5,7,10H2,1-2H3,(H2,19,20,22,23)/t14-/m1/s1. The normalized spacial score (nSPS) is 16.3. The predicted octanol–water partition coefficient (Wildman–Crippen LogP) is 1.58. The van der Waals surface area contributed by atoms with E-state index in [1.54, 1.807) is 22.0 Å². The highest BCUT2D eigenvalue weighted by Gasteiger charge is 2.28. The SMILES string of the molecule is Cc1cnc(Nc2cnn(C)c2)nc1NC[C@H]1CCCN1C(=O)CC#N. The van der Waals surface area contributed by atoms with Crippen LogP contribution in [0.1, 0.15) is 24.8 Å². The lowest BCUT2D eigenvalue weighted by molar-refractivity contribution is -0.130. The molecule has 0 unspecified atom stereocenters. The molecule has 0 aliphatic carbocycles. The first kappa shape index (κ1) is 17.7. The molecule has 0 radical (unpaired) electrons. The minimum Gasteiger partial charge on any atom is -0.368 e. The average Bonchev–Trinajstić information content (AvgIpc) is 3.24. The van der Waals surface area contributed by atoms with Gasteiger partial charge in [-0.15, -0.1) is 0 Å². The van der Waals surface area contributed by atoms with Gasteiger partial charge in [0, 0.05) is 44.1 Å². The van der Waals surface area contributed by atoms with Gasteiger partial charge in [0.25, 0.3) is 0 Å². The molecule has 2 aromatic rings. The molecule has 1 atom stereocenters. The van der Waals surface area contributed by atoms with Crippen LogP contribution in [0.4, 0.5) is 17.5 Å². The van der Waals surface area contributed by atoms with Gasteiger partial charge in [-0.3, -0.25) is 9.48 Å². The molecule has 1 aliphatic rings. The fourth-order valence-electron chi connectivity index (χ4n) is 3.06. The summed E-state index contributed by atoms with van der Waals surface area (Å²) in [6, 6.07) is 2.02. The number of likely N-dealkylation sites (tertiary alicyclic amines) is 1. The molecule has 26 heavy (non-hydrogen) atoms. The lowest BCUT2D eigenvalue weighted by atomic mass is 10.2. The number of carbonyl (C=O) groups is 1. The van der Waals surface area contributed by atoms with Crippen molar-refractivity contribution in [3.8, 4) is 6.07 Å². The molecule has 136 valence electrons. The van der Waals surface area contributed by atoms with Crippen LogP contribution in [0.5, 0.6) is 0 Å². The third-order valence-electron chi connectivity index (χ3n) is 4.37. The van der Waals surface area contributed by atoms with Gasteiger partial charge >= 0.3 is 0 Å². The van der Waals surface area contributed by atoms with E-state index in [2.05, 4.69) is 25.7 Å². The summed E-state index contributed by atoms with van der Waals surface area (Å²) in [5.74, 6) is 1.11. The van der Waals surface area contributed by atoms with Gasteiger partial charge in [-0.2, -0.15) is 15.3 Å². The first-order valence-corrected chi connectivity index (χ1v) is 8.56. The number of hydrogen-bond donors (Lipinski definition) is 2. The third-order valence-corrected chi connectivity index (χ3v) is 4.37. The second-order valence-corrected chi connectivity index (χ2v) is 6.35. The van der Waals surface area contributed by atoms with Crippen LogP contribution < -0.4 is 10.6 Å². The molecule has 2 N–H and O–H groups in total. The molecule has 3 rings (SSSR count). The van der Waals surface area contributed by atoms with Gasteiger partial charge in [-0.05, 0) is 19.8 Å². The highest BCUT2D eigenvalue weighted by molar-refractivity contribution is 5.78. The predicted molar refractivity (Wildman–Crippen MR) is 96.7 cm³/mol. The number of nitrogens with zero attached hydrogens (tertiary/aromatic N) is 6. The van der Waals surface area contributed by atoms with E-state index < -0.39 is 0 Å². The molecule has 1 amide bonds. The maximum atomic E-state index is 12.0. The third kappa shape index (κ3) is 4.08. The fraction of sp³-hybridized carbons (Fsp3) is 0.471. The Balaban J connectivity index is 1.65.